The SMILES string of the molecule is O=S(=O)(/C=C/c1ccc(Cl)cc1)N(Cc1ccc(F)cc1)C1CC1. The molecule has 1 aliphatic carbocycles. The summed E-state index contributed by atoms with van der Waals surface area (Å²) in [5.41, 5.74) is 1.53. The molecule has 0 N–H and O–H groups in total. The normalized spacial score (nSPS) is 15.3. The number of halogens is 2. The summed E-state index contributed by atoms with van der Waals surface area (Å²) in [6.45, 7) is 0.248. The average molecular weight is 366 g/mol. The van der Waals surface area contributed by atoms with E-state index in [9.17, 15) is 12.8 Å². The molecule has 0 saturated heterocycles. The molecule has 1 fully saturated rings. The van der Waals surface area contributed by atoms with E-state index >= 15 is 0 Å². The maximum absolute atomic E-state index is 13.0. The second kappa shape index (κ2) is 7.05. The zero-order valence-corrected chi connectivity index (χ0v) is 14.5. The van der Waals surface area contributed by atoms with Crippen LogP contribution in [0.3, 0.4) is 0 Å². The zero-order valence-electron chi connectivity index (χ0n) is 12.9. The van der Waals surface area contributed by atoms with Crippen LogP contribution < -0.4 is 0 Å². The van der Waals surface area contributed by atoms with Crippen molar-refractivity contribution in [2.45, 2.75) is 25.4 Å². The predicted octanol–water partition coefficient (Wildman–Crippen LogP) is 4.44. The van der Waals surface area contributed by atoms with Gasteiger partial charge in [-0.15, -0.1) is 0 Å². The summed E-state index contributed by atoms with van der Waals surface area (Å²) in [5, 5.41) is 1.82. The Labute approximate surface area is 146 Å². The van der Waals surface area contributed by atoms with Crippen molar-refractivity contribution >= 4 is 27.7 Å². The number of sulfonamides is 1. The molecule has 2 aromatic rings. The van der Waals surface area contributed by atoms with Gasteiger partial charge in [0.1, 0.15) is 5.82 Å². The largest absolute Gasteiger partial charge is 0.236 e. The molecule has 0 amide bonds. The summed E-state index contributed by atoms with van der Waals surface area (Å²) >= 11 is 5.83. The topological polar surface area (TPSA) is 37.4 Å². The van der Waals surface area contributed by atoms with Gasteiger partial charge in [-0.25, -0.2) is 12.8 Å². The van der Waals surface area contributed by atoms with Crippen molar-refractivity contribution in [2.24, 2.45) is 0 Å². The molecule has 0 bridgehead atoms. The molecule has 0 spiro atoms. The highest BCUT2D eigenvalue weighted by Crippen LogP contribution is 2.31. The minimum absolute atomic E-state index is 0.0231. The molecule has 1 aliphatic rings. The van der Waals surface area contributed by atoms with E-state index < -0.39 is 10.0 Å². The van der Waals surface area contributed by atoms with Crippen LogP contribution in [-0.4, -0.2) is 18.8 Å². The van der Waals surface area contributed by atoms with Crippen molar-refractivity contribution < 1.29 is 12.8 Å². The van der Waals surface area contributed by atoms with E-state index in [2.05, 4.69) is 0 Å². The standard InChI is InChI=1S/C18H17ClFNO2S/c19-16-5-1-14(2-6-16)11-12-24(22,23)21(18-9-10-18)13-15-3-7-17(20)8-4-15/h1-8,11-12,18H,9-10,13H2/b12-11+. The van der Waals surface area contributed by atoms with Crippen molar-refractivity contribution in [2.75, 3.05) is 0 Å². The van der Waals surface area contributed by atoms with Gasteiger partial charge in [0.15, 0.2) is 0 Å². The third-order valence-electron chi connectivity index (χ3n) is 3.84. The molecular formula is C18H17ClFNO2S. The fourth-order valence-electron chi connectivity index (χ4n) is 2.38. The molecule has 3 nitrogen and oxygen atoms in total. The lowest BCUT2D eigenvalue weighted by atomic mass is 10.2. The number of hydrogen-bond acceptors (Lipinski definition) is 2. The molecule has 6 heteroatoms. The van der Waals surface area contributed by atoms with E-state index in [4.69, 9.17) is 11.6 Å². The van der Waals surface area contributed by atoms with Gasteiger partial charge in [-0.05, 0) is 54.3 Å². The second-order valence-electron chi connectivity index (χ2n) is 5.80. The van der Waals surface area contributed by atoms with E-state index in [1.165, 1.54) is 21.8 Å². The summed E-state index contributed by atoms with van der Waals surface area (Å²) in [6.07, 6.45) is 3.27. The maximum atomic E-state index is 13.0. The molecule has 0 aromatic heterocycles. The highest BCUT2D eigenvalue weighted by molar-refractivity contribution is 7.92. The van der Waals surface area contributed by atoms with Gasteiger partial charge in [0.25, 0.3) is 0 Å². The number of nitrogens with zero attached hydrogens (tertiary/aromatic N) is 1. The minimum Gasteiger partial charge on any atom is -0.207 e. The van der Waals surface area contributed by atoms with Gasteiger partial charge >= 0.3 is 0 Å². The molecule has 0 aliphatic heterocycles. The number of benzene rings is 2. The van der Waals surface area contributed by atoms with E-state index in [1.54, 1.807) is 42.5 Å². The van der Waals surface area contributed by atoms with Gasteiger partial charge in [0.05, 0.1) is 0 Å². The Kier molecular flexibility index (Phi) is 5.04. The van der Waals surface area contributed by atoms with E-state index in [0.717, 1.165) is 24.0 Å². The molecule has 2 aromatic carbocycles. The summed E-state index contributed by atoms with van der Waals surface area (Å²) in [5.74, 6) is -0.331. The zero-order chi connectivity index (χ0) is 17.2. The minimum atomic E-state index is -3.55. The average Bonchev–Trinajstić information content (AvgIpc) is 3.38. The summed E-state index contributed by atoms with van der Waals surface area (Å²) in [7, 11) is -3.55. The van der Waals surface area contributed by atoms with Gasteiger partial charge in [0, 0.05) is 23.0 Å². The fourth-order valence-corrected chi connectivity index (χ4v) is 3.94. The molecule has 126 valence electrons. The van der Waals surface area contributed by atoms with Crippen molar-refractivity contribution in [1.82, 2.24) is 4.31 Å². The van der Waals surface area contributed by atoms with Gasteiger partial charge < -0.3 is 0 Å². The molecule has 0 unspecified atom stereocenters. The Balaban J connectivity index is 1.78. The highest BCUT2D eigenvalue weighted by atomic mass is 35.5. The fraction of sp³-hybridized carbons (Fsp3) is 0.222. The monoisotopic (exact) mass is 365 g/mol. The van der Waals surface area contributed by atoms with Gasteiger partial charge in [-0.2, -0.15) is 4.31 Å². The molecule has 0 atom stereocenters. The van der Waals surface area contributed by atoms with Crippen LogP contribution >= 0.6 is 11.6 Å². The van der Waals surface area contributed by atoms with Crippen LogP contribution in [-0.2, 0) is 16.6 Å². The summed E-state index contributed by atoms with van der Waals surface area (Å²) < 4.78 is 39.8. The lowest BCUT2D eigenvalue weighted by Gasteiger charge is -2.20. The van der Waals surface area contributed by atoms with Crippen LogP contribution in [0.4, 0.5) is 4.39 Å². The van der Waals surface area contributed by atoms with E-state index in [-0.39, 0.29) is 18.4 Å². The first-order chi connectivity index (χ1) is 11.4. The number of rotatable bonds is 6. The van der Waals surface area contributed by atoms with Crippen molar-refractivity contribution in [3.8, 4) is 0 Å². The Hall–Kier alpha value is -1.69. The smallest absolute Gasteiger partial charge is 0.207 e. The third kappa shape index (κ3) is 4.44. The molecule has 0 radical (unpaired) electrons. The molecule has 24 heavy (non-hydrogen) atoms. The number of hydrogen-bond donors (Lipinski definition) is 0. The molecule has 0 heterocycles. The molecular weight excluding hydrogens is 349 g/mol. The van der Waals surface area contributed by atoms with Gasteiger partial charge in [-0.3, -0.25) is 0 Å². The van der Waals surface area contributed by atoms with Crippen LogP contribution in [0.5, 0.6) is 0 Å². The lowest BCUT2D eigenvalue weighted by Crippen LogP contribution is -2.31. The van der Waals surface area contributed by atoms with Crippen LogP contribution in [0.1, 0.15) is 24.0 Å². The predicted molar refractivity (Wildman–Crippen MR) is 94.4 cm³/mol. The first kappa shape index (κ1) is 17.1. The Bertz CT molecular complexity index is 828. The molecule has 3 rings (SSSR count). The first-order valence-electron chi connectivity index (χ1n) is 7.64. The quantitative estimate of drug-likeness (QED) is 0.758. The third-order valence-corrected chi connectivity index (χ3v) is 5.65. The second-order valence-corrected chi connectivity index (χ2v) is 8.01. The lowest BCUT2D eigenvalue weighted by molar-refractivity contribution is 0.405. The highest BCUT2D eigenvalue weighted by Gasteiger charge is 2.35. The molecule has 1 saturated carbocycles. The van der Waals surface area contributed by atoms with Crippen LogP contribution in [0.15, 0.2) is 53.9 Å². The first-order valence-corrected chi connectivity index (χ1v) is 9.52. The van der Waals surface area contributed by atoms with Crippen molar-refractivity contribution in [3.05, 3.63) is 75.9 Å². The Morgan fingerprint density at radius 3 is 2.29 bits per heavy atom. The summed E-state index contributed by atoms with van der Waals surface area (Å²) in [6, 6.07) is 12.9. The van der Waals surface area contributed by atoms with Crippen LogP contribution in [0.2, 0.25) is 5.02 Å². The Morgan fingerprint density at radius 2 is 1.71 bits per heavy atom. The van der Waals surface area contributed by atoms with Gasteiger partial charge in [-0.1, -0.05) is 35.9 Å². The summed E-state index contributed by atoms with van der Waals surface area (Å²) in [4.78, 5) is 0. The van der Waals surface area contributed by atoms with Crippen molar-refractivity contribution in [3.63, 3.8) is 0 Å². The Morgan fingerprint density at radius 1 is 1.08 bits per heavy atom. The maximum Gasteiger partial charge on any atom is 0.236 e. The van der Waals surface area contributed by atoms with E-state index in [0.29, 0.717) is 5.02 Å². The van der Waals surface area contributed by atoms with Gasteiger partial charge in [0.2, 0.25) is 10.0 Å². The van der Waals surface area contributed by atoms with Crippen molar-refractivity contribution in [1.29, 1.82) is 0 Å². The van der Waals surface area contributed by atoms with E-state index in [1.807, 2.05) is 0 Å². The van der Waals surface area contributed by atoms with Crippen LogP contribution in [0.25, 0.3) is 6.08 Å². The van der Waals surface area contributed by atoms with Crippen LogP contribution in [0, 0.1) is 5.82 Å².